The molecule has 1 aliphatic rings. The molecule has 31 heavy (non-hydrogen) atoms. The average Bonchev–Trinajstić information content (AvgIpc) is 3.18. The number of benzene rings is 1. The summed E-state index contributed by atoms with van der Waals surface area (Å²) in [6, 6.07) is 7.07. The van der Waals surface area contributed by atoms with Gasteiger partial charge in [0, 0.05) is 30.0 Å². The van der Waals surface area contributed by atoms with Crippen LogP contribution in [0.4, 0.5) is 18.9 Å². The van der Waals surface area contributed by atoms with Gasteiger partial charge in [0.1, 0.15) is 11.7 Å². The van der Waals surface area contributed by atoms with Crippen LogP contribution in [0.1, 0.15) is 24.0 Å². The quantitative estimate of drug-likeness (QED) is 0.550. The van der Waals surface area contributed by atoms with E-state index in [0.29, 0.717) is 35.8 Å². The summed E-state index contributed by atoms with van der Waals surface area (Å²) in [4.78, 5) is 6.68. The number of hydrogen-bond donors (Lipinski definition) is 3. The number of nitriles is 1. The highest BCUT2D eigenvalue weighted by molar-refractivity contribution is 7.89. The number of nitrogens with one attached hydrogen (secondary N) is 3. The van der Waals surface area contributed by atoms with Crippen molar-refractivity contribution in [2.75, 3.05) is 5.32 Å². The Bertz CT molecular complexity index is 1310. The SMILES string of the molecule is N#Cc1cnc2[nH]ccc2c1NC=C1CC(NS(=O)(=O)c2cccc(C(F)(F)F)c2)C1. The third-order valence-electron chi connectivity index (χ3n) is 4.94. The van der Waals surface area contributed by atoms with Crippen LogP contribution in [-0.4, -0.2) is 24.4 Å². The number of nitrogens with zero attached hydrogens (tertiary/aromatic N) is 2. The van der Waals surface area contributed by atoms with E-state index in [2.05, 4.69) is 26.1 Å². The molecule has 1 saturated carbocycles. The van der Waals surface area contributed by atoms with Crippen LogP contribution in [0.2, 0.25) is 0 Å². The molecule has 1 fully saturated rings. The minimum Gasteiger partial charge on any atom is -0.360 e. The molecule has 4 rings (SSSR count). The molecule has 0 spiro atoms. The van der Waals surface area contributed by atoms with E-state index >= 15 is 0 Å². The van der Waals surface area contributed by atoms with Gasteiger partial charge in [-0.05, 0) is 37.1 Å². The van der Waals surface area contributed by atoms with Crippen molar-refractivity contribution >= 4 is 26.7 Å². The van der Waals surface area contributed by atoms with Gasteiger partial charge in [-0.1, -0.05) is 11.6 Å². The van der Waals surface area contributed by atoms with Crippen molar-refractivity contribution in [3.63, 3.8) is 0 Å². The predicted molar refractivity (Wildman–Crippen MR) is 107 cm³/mol. The number of sulfonamides is 1. The van der Waals surface area contributed by atoms with E-state index in [4.69, 9.17) is 0 Å². The molecular weight excluding hydrogens is 431 g/mol. The summed E-state index contributed by atoms with van der Waals surface area (Å²) in [5, 5.41) is 13.1. The van der Waals surface area contributed by atoms with Gasteiger partial charge < -0.3 is 10.3 Å². The Hall–Kier alpha value is -3.36. The number of H-pyrrole nitrogens is 1. The number of rotatable bonds is 5. The Balaban J connectivity index is 1.43. The normalized spacial score (nSPS) is 16.6. The number of hydrogen-bond acceptors (Lipinski definition) is 5. The minimum absolute atomic E-state index is 0.366. The highest BCUT2D eigenvalue weighted by Crippen LogP contribution is 2.32. The fraction of sp³-hybridized carbons (Fsp3) is 0.200. The number of aromatic amines is 1. The Labute approximate surface area is 175 Å². The average molecular weight is 447 g/mol. The third kappa shape index (κ3) is 4.26. The molecular formula is C20H16F3N5O2S. The molecule has 11 heteroatoms. The summed E-state index contributed by atoms with van der Waals surface area (Å²) in [6.45, 7) is 0. The first kappa shape index (κ1) is 20.9. The van der Waals surface area contributed by atoms with Crippen LogP contribution in [0.25, 0.3) is 11.0 Å². The Morgan fingerprint density at radius 3 is 2.74 bits per heavy atom. The second-order valence-electron chi connectivity index (χ2n) is 7.10. The minimum atomic E-state index is -4.62. The number of anilines is 1. The molecule has 0 radical (unpaired) electrons. The fourth-order valence-electron chi connectivity index (χ4n) is 3.32. The van der Waals surface area contributed by atoms with Crippen molar-refractivity contribution in [2.45, 2.75) is 30.0 Å². The molecule has 0 amide bonds. The zero-order chi connectivity index (χ0) is 22.2. The number of aromatic nitrogens is 2. The molecule has 3 N–H and O–H groups in total. The summed E-state index contributed by atoms with van der Waals surface area (Å²) in [5.74, 6) is 0. The van der Waals surface area contributed by atoms with E-state index in [0.717, 1.165) is 29.2 Å². The number of alkyl halides is 3. The summed E-state index contributed by atoms with van der Waals surface area (Å²) >= 11 is 0. The lowest BCUT2D eigenvalue weighted by Crippen LogP contribution is -2.41. The van der Waals surface area contributed by atoms with E-state index < -0.39 is 32.7 Å². The summed E-state index contributed by atoms with van der Waals surface area (Å²) in [7, 11) is -4.08. The van der Waals surface area contributed by atoms with Gasteiger partial charge in [-0.2, -0.15) is 18.4 Å². The lowest BCUT2D eigenvalue weighted by atomic mass is 9.88. The monoisotopic (exact) mass is 447 g/mol. The maximum Gasteiger partial charge on any atom is 0.416 e. The fourth-order valence-corrected chi connectivity index (χ4v) is 4.61. The highest BCUT2D eigenvalue weighted by atomic mass is 32.2. The Kier molecular flexibility index (Phi) is 5.20. The summed E-state index contributed by atoms with van der Waals surface area (Å²) < 4.78 is 65.9. The number of fused-ring (bicyclic) bond motifs is 1. The van der Waals surface area contributed by atoms with Crippen molar-refractivity contribution in [2.24, 2.45) is 0 Å². The maximum absolute atomic E-state index is 12.8. The lowest BCUT2D eigenvalue weighted by Gasteiger charge is -2.30. The largest absolute Gasteiger partial charge is 0.416 e. The van der Waals surface area contributed by atoms with Gasteiger partial charge in [0.15, 0.2) is 0 Å². The van der Waals surface area contributed by atoms with Gasteiger partial charge in [-0.3, -0.25) is 0 Å². The molecule has 1 aliphatic carbocycles. The molecule has 0 unspecified atom stereocenters. The smallest absolute Gasteiger partial charge is 0.360 e. The second kappa shape index (κ2) is 7.72. The van der Waals surface area contributed by atoms with Crippen LogP contribution in [0, 0.1) is 11.3 Å². The number of halogens is 3. The van der Waals surface area contributed by atoms with Crippen LogP contribution in [0.3, 0.4) is 0 Å². The molecule has 0 aliphatic heterocycles. The highest BCUT2D eigenvalue weighted by Gasteiger charge is 2.33. The van der Waals surface area contributed by atoms with Gasteiger partial charge >= 0.3 is 6.18 Å². The number of pyridine rings is 1. The van der Waals surface area contributed by atoms with Crippen molar-refractivity contribution in [1.82, 2.24) is 14.7 Å². The molecule has 3 aromatic rings. The molecule has 2 heterocycles. The van der Waals surface area contributed by atoms with E-state index in [1.54, 1.807) is 18.5 Å². The molecule has 0 bridgehead atoms. The van der Waals surface area contributed by atoms with Crippen LogP contribution >= 0.6 is 0 Å². The molecule has 1 aromatic carbocycles. The van der Waals surface area contributed by atoms with Gasteiger partial charge in [-0.25, -0.2) is 18.1 Å². The summed E-state index contributed by atoms with van der Waals surface area (Å²) in [6.07, 6.45) is 1.04. The third-order valence-corrected chi connectivity index (χ3v) is 6.46. The van der Waals surface area contributed by atoms with Crippen molar-refractivity contribution < 1.29 is 21.6 Å². The lowest BCUT2D eigenvalue weighted by molar-refractivity contribution is -0.137. The van der Waals surface area contributed by atoms with E-state index in [9.17, 15) is 26.9 Å². The van der Waals surface area contributed by atoms with E-state index in [-0.39, 0.29) is 0 Å². The first-order chi connectivity index (χ1) is 14.7. The van der Waals surface area contributed by atoms with Crippen molar-refractivity contribution in [1.29, 1.82) is 5.26 Å². The zero-order valence-electron chi connectivity index (χ0n) is 15.9. The van der Waals surface area contributed by atoms with Crippen LogP contribution in [0.15, 0.2) is 59.4 Å². The van der Waals surface area contributed by atoms with E-state index in [1.165, 1.54) is 6.20 Å². The molecule has 2 aromatic heterocycles. The topological polar surface area (TPSA) is 111 Å². The molecule has 0 atom stereocenters. The maximum atomic E-state index is 12.8. The summed E-state index contributed by atoms with van der Waals surface area (Å²) in [5.41, 5.74) is 1.47. The van der Waals surface area contributed by atoms with Crippen LogP contribution in [-0.2, 0) is 16.2 Å². The standard InChI is InChI=1S/C20H16F3N5O2S/c21-20(22,23)14-2-1-3-16(8-14)31(29,30)28-15-6-12(7-15)10-26-18-13(9-24)11-27-19-17(18)4-5-25-19/h1-5,8,10-11,15,28H,6-7H2,(H2,25,26,27). The van der Waals surface area contributed by atoms with Gasteiger partial charge in [0.05, 0.1) is 21.7 Å². The van der Waals surface area contributed by atoms with Crippen LogP contribution in [0.5, 0.6) is 0 Å². The Morgan fingerprint density at radius 2 is 2.03 bits per heavy atom. The zero-order valence-corrected chi connectivity index (χ0v) is 16.7. The molecule has 160 valence electrons. The van der Waals surface area contributed by atoms with Gasteiger partial charge in [0.25, 0.3) is 0 Å². The van der Waals surface area contributed by atoms with Crippen molar-refractivity contribution in [3.8, 4) is 6.07 Å². The van der Waals surface area contributed by atoms with Crippen molar-refractivity contribution in [3.05, 3.63) is 65.6 Å². The van der Waals surface area contributed by atoms with Gasteiger partial charge in [-0.15, -0.1) is 0 Å². The first-order valence-electron chi connectivity index (χ1n) is 9.17. The molecule has 0 saturated heterocycles. The first-order valence-corrected chi connectivity index (χ1v) is 10.7. The Morgan fingerprint density at radius 1 is 1.26 bits per heavy atom. The van der Waals surface area contributed by atoms with Gasteiger partial charge in [0.2, 0.25) is 10.0 Å². The predicted octanol–water partition coefficient (Wildman–Crippen LogP) is 3.89. The molecule has 7 nitrogen and oxygen atoms in total. The van der Waals surface area contributed by atoms with Crippen LogP contribution < -0.4 is 10.0 Å². The second-order valence-corrected chi connectivity index (χ2v) is 8.81. The van der Waals surface area contributed by atoms with E-state index in [1.807, 2.05) is 0 Å².